The number of ether oxygens (including phenoxy) is 2. The van der Waals surface area contributed by atoms with Crippen LogP contribution in [0.15, 0.2) is 24.5 Å². The van der Waals surface area contributed by atoms with Gasteiger partial charge in [-0.15, -0.1) is 0 Å². The lowest BCUT2D eigenvalue weighted by atomic mass is 9.77. The minimum Gasteiger partial charge on any atom is -0.382 e. The van der Waals surface area contributed by atoms with Gasteiger partial charge in [-0.3, -0.25) is 5.41 Å². The third kappa shape index (κ3) is 4.65. The van der Waals surface area contributed by atoms with E-state index in [0.29, 0.717) is 29.5 Å². The van der Waals surface area contributed by atoms with E-state index >= 15 is 0 Å². The van der Waals surface area contributed by atoms with Crippen LogP contribution < -0.4 is 15.5 Å². The van der Waals surface area contributed by atoms with E-state index in [2.05, 4.69) is 44.2 Å². The van der Waals surface area contributed by atoms with Crippen molar-refractivity contribution < 1.29 is 10.9 Å². The molecule has 0 aromatic carbocycles. The highest BCUT2D eigenvalue weighted by Crippen LogP contribution is 2.39. The first-order chi connectivity index (χ1) is 16.4. The summed E-state index contributed by atoms with van der Waals surface area (Å²) in [7, 11) is 1.77. The molecule has 10 heteroatoms. The summed E-state index contributed by atoms with van der Waals surface area (Å²) >= 11 is 0. The molecule has 0 radical (unpaired) electrons. The number of hydrogen-bond donors (Lipinski definition) is 3. The van der Waals surface area contributed by atoms with E-state index < -0.39 is 0 Å². The van der Waals surface area contributed by atoms with Crippen molar-refractivity contribution >= 4 is 29.1 Å². The van der Waals surface area contributed by atoms with Crippen LogP contribution in [0.1, 0.15) is 33.7 Å². The average molecular weight is 469 g/mol. The van der Waals surface area contributed by atoms with Gasteiger partial charge in [0.1, 0.15) is 17.5 Å². The summed E-state index contributed by atoms with van der Waals surface area (Å²) in [5.74, 6) is 2.59. The predicted octanol–water partition coefficient (Wildman–Crippen LogP) is 2.95. The van der Waals surface area contributed by atoms with Crippen molar-refractivity contribution in [1.82, 2.24) is 19.9 Å². The normalized spacial score (nSPS) is 19.6. The molecule has 3 N–H and O–H groups in total. The average Bonchev–Trinajstić information content (AvgIpc) is 2.77. The molecule has 0 unspecified atom stereocenters. The number of likely N-dealkylation sites (tertiary alicyclic amines) is 1. The summed E-state index contributed by atoms with van der Waals surface area (Å²) in [4.78, 5) is 18.1. The lowest BCUT2D eigenvalue weighted by molar-refractivity contribution is -0.171. The fraction of sp³-hybridized carbons (Fsp3) is 0.583. The van der Waals surface area contributed by atoms with Gasteiger partial charge in [-0.1, -0.05) is 0 Å². The molecule has 3 fully saturated rings. The molecule has 184 valence electrons. The summed E-state index contributed by atoms with van der Waals surface area (Å²) in [6.07, 6.45) is 5.81. The number of pyridine rings is 1. The number of nitrogens with zero attached hydrogens (tertiary/aromatic N) is 5. The zero-order valence-electron chi connectivity index (χ0n) is 20.2. The molecular formula is C24H36N8O2. The van der Waals surface area contributed by atoms with E-state index in [1.54, 1.807) is 19.5 Å². The second-order valence-corrected chi connectivity index (χ2v) is 9.90. The van der Waals surface area contributed by atoms with Gasteiger partial charge in [-0.05, 0) is 32.8 Å². The summed E-state index contributed by atoms with van der Waals surface area (Å²) < 4.78 is 10.8. The van der Waals surface area contributed by atoms with Gasteiger partial charge in [0.15, 0.2) is 0 Å². The molecule has 5 rings (SSSR count). The standard InChI is InChI=1S/C24H34N8O2.H2/c1-16(2)28-19-10-21(27-11-18(19)22(25)32-12-24(13-32)14-34-15-24)29-20-4-7-26-23(30-20)31-8-5-17(33-3)6-9-31;/h4,7,10-11,16-17,25H,5-6,8-9,12-15H2,1-3H3,(H2,26,27,28,29,30);1H. The molecular weight excluding hydrogens is 432 g/mol. The Bertz CT molecular complexity index is 1030. The molecule has 2 aromatic heterocycles. The van der Waals surface area contributed by atoms with Crippen LogP contribution in [-0.4, -0.2) is 84.3 Å². The Balaban J connectivity index is 0.00000289. The van der Waals surface area contributed by atoms with Crippen LogP contribution in [0.4, 0.5) is 23.3 Å². The van der Waals surface area contributed by atoms with Crippen LogP contribution in [0.5, 0.6) is 0 Å². The van der Waals surface area contributed by atoms with Gasteiger partial charge in [0.25, 0.3) is 0 Å². The third-order valence-electron chi connectivity index (χ3n) is 6.75. The number of rotatable bonds is 7. The van der Waals surface area contributed by atoms with Gasteiger partial charge in [0.05, 0.1) is 36.0 Å². The number of nitrogens with one attached hydrogen (secondary N) is 3. The van der Waals surface area contributed by atoms with Gasteiger partial charge >= 0.3 is 0 Å². The second kappa shape index (κ2) is 9.34. The summed E-state index contributed by atoms with van der Waals surface area (Å²) in [5.41, 5.74) is 1.95. The summed E-state index contributed by atoms with van der Waals surface area (Å²) in [6, 6.07) is 4.03. The molecule has 34 heavy (non-hydrogen) atoms. The quantitative estimate of drug-likeness (QED) is 0.417. The minimum absolute atomic E-state index is 0. The Morgan fingerprint density at radius 3 is 2.65 bits per heavy atom. The van der Waals surface area contributed by atoms with Gasteiger partial charge in [0, 0.05) is 59.2 Å². The number of methoxy groups -OCH3 is 1. The van der Waals surface area contributed by atoms with E-state index in [1.807, 2.05) is 12.1 Å². The SMILES string of the molecule is COC1CCN(c2nccc(Nc3cc(NC(C)C)c(C(=N)N4CC5(COC5)C4)cn3)n2)CC1.[HH]. The van der Waals surface area contributed by atoms with E-state index in [0.717, 1.165) is 63.5 Å². The second-order valence-electron chi connectivity index (χ2n) is 9.90. The summed E-state index contributed by atoms with van der Waals surface area (Å²) in [5, 5.41) is 15.6. The number of aromatic nitrogens is 3. The first-order valence-corrected chi connectivity index (χ1v) is 12.0. The van der Waals surface area contributed by atoms with Gasteiger partial charge in [-0.25, -0.2) is 9.97 Å². The number of piperidine rings is 1. The first kappa shape index (κ1) is 22.8. The van der Waals surface area contributed by atoms with E-state index in [1.165, 1.54) is 0 Å². The fourth-order valence-electron chi connectivity index (χ4n) is 4.80. The molecule has 0 bridgehead atoms. The number of amidine groups is 1. The zero-order valence-corrected chi connectivity index (χ0v) is 20.2. The van der Waals surface area contributed by atoms with Crippen LogP contribution >= 0.6 is 0 Å². The molecule has 10 nitrogen and oxygen atoms in total. The van der Waals surface area contributed by atoms with Gasteiger partial charge < -0.3 is 29.9 Å². The van der Waals surface area contributed by atoms with Crippen molar-refractivity contribution in [2.45, 2.75) is 38.8 Å². The largest absolute Gasteiger partial charge is 0.382 e. The van der Waals surface area contributed by atoms with Crippen LogP contribution in [0.3, 0.4) is 0 Å². The van der Waals surface area contributed by atoms with Gasteiger partial charge in [-0.2, -0.15) is 4.98 Å². The molecule has 2 aromatic rings. The van der Waals surface area contributed by atoms with Gasteiger partial charge in [0.2, 0.25) is 5.95 Å². The Hall–Kier alpha value is -2.98. The van der Waals surface area contributed by atoms with Crippen LogP contribution in [0, 0.1) is 10.8 Å². The molecule has 5 heterocycles. The molecule has 0 saturated carbocycles. The van der Waals surface area contributed by atoms with Crippen molar-refractivity contribution in [3.63, 3.8) is 0 Å². The summed E-state index contributed by atoms with van der Waals surface area (Å²) in [6.45, 7) is 9.30. The molecule has 0 amide bonds. The highest BCUT2D eigenvalue weighted by atomic mass is 16.5. The Kier molecular flexibility index (Phi) is 6.26. The highest BCUT2D eigenvalue weighted by Gasteiger charge is 2.50. The monoisotopic (exact) mass is 468 g/mol. The number of anilines is 4. The van der Waals surface area contributed by atoms with Crippen molar-refractivity contribution in [2.75, 3.05) is 62.0 Å². The number of hydrogen-bond acceptors (Lipinski definition) is 9. The van der Waals surface area contributed by atoms with Crippen LogP contribution in [-0.2, 0) is 9.47 Å². The molecule has 3 saturated heterocycles. The topological polar surface area (TPSA) is 112 Å². The smallest absolute Gasteiger partial charge is 0.227 e. The lowest BCUT2D eigenvalue weighted by Crippen LogP contribution is -2.67. The van der Waals surface area contributed by atoms with Crippen molar-refractivity contribution in [3.05, 3.63) is 30.1 Å². The predicted molar refractivity (Wildman–Crippen MR) is 134 cm³/mol. The fourth-order valence-corrected chi connectivity index (χ4v) is 4.80. The van der Waals surface area contributed by atoms with Crippen molar-refractivity contribution in [3.8, 4) is 0 Å². The molecule has 3 aliphatic heterocycles. The Morgan fingerprint density at radius 1 is 1.24 bits per heavy atom. The minimum atomic E-state index is 0. The van der Waals surface area contributed by atoms with Crippen LogP contribution in [0.2, 0.25) is 0 Å². The maximum absolute atomic E-state index is 8.76. The van der Waals surface area contributed by atoms with Crippen molar-refractivity contribution in [2.24, 2.45) is 5.41 Å². The molecule has 1 spiro atoms. The first-order valence-electron chi connectivity index (χ1n) is 12.0. The third-order valence-corrected chi connectivity index (χ3v) is 6.75. The maximum Gasteiger partial charge on any atom is 0.227 e. The highest BCUT2D eigenvalue weighted by molar-refractivity contribution is 6.02. The Morgan fingerprint density at radius 2 is 2.00 bits per heavy atom. The Labute approximate surface area is 202 Å². The van der Waals surface area contributed by atoms with E-state index in [-0.39, 0.29) is 12.9 Å². The van der Waals surface area contributed by atoms with E-state index in [4.69, 9.17) is 19.9 Å². The van der Waals surface area contributed by atoms with Crippen LogP contribution in [0.25, 0.3) is 0 Å². The molecule has 3 aliphatic rings. The van der Waals surface area contributed by atoms with E-state index in [9.17, 15) is 0 Å². The maximum atomic E-state index is 8.76. The molecule has 0 aliphatic carbocycles. The van der Waals surface area contributed by atoms with Crippen molar-refractivity contribution in [1.29, 1.82) is 5.41 Å². The zero-order chi connectivity index (χ0) is 23.7. The lowest BCUT2D eigenvalue weighted by Gasteiger charge is -2.55. The molecule has 0 atom stereocenters.